The van der Waals surface area contributed by atoms with E-state index < -0.39 is 5.92 Å². The number of fused-ring (bicyclic) bond motifs is 1. The molecule has 1 heterocycles. The van der Waals surface area contributed by atoms with Gasteiger partial charge in [0.05, 0.1) is 6.61 Å². The topological polar surface area (TPSA) is 41.5 Å². The molecule has 0 bridgehead atoms. The first-order valence-electron chi connectivity index (χ1n) is 7.65. The molecule has 2 saturated carbocycles. The van der Waals surface area contributed by atoms with Gasteiger partial charge in [-0.25, -0.2) is 8.78 Å². The van der Waals surface area contributed by atoms with Gasteiger partial charge in [-0.1, -0.05) is 0 Å². The predicted octanol–water partition coefficient (Wildman–Crippen LogP) is 2.39. The lowest BCUT2D eigenvalue weighted by Crippen LogP contribution is -2.57. The normalized spacial score (nSPS) is 46.4. The Bertz CT molecular complexity index is 376. The standard InChI is InChI=1S/C15H25F2NO2/c1-13(2)18-8-14(9-20-13)5-10-6-15(16,17)4-3-11(10)12(14)7-19/h10-12,18-19H,3-9H2,1-2H3. The third-order valence-corrected chi connectivity index (χ3v) is 5.77. The van der Waals surface area contributed by atoms with Crippen LogP contribution in [0.2, 0.25) is 0 Å². The summed E-state index contributed by atoms with van der Waals surface area (Å²) >= 11 is 0. The molecule has 4 atom stereocenters. The lowest BCUT2D eigenvalue weighted by Gasteiger charge is -2.46. The van der Waals surface area contributed by atoms with Gasteiger partial charge in [0.25, 0.3) is 0 Å². The second-order valence-corrected chi connectivity index (χ2v) is 7.53. The van der Waals surface area contributed by atoms with E-state index in [1.807, 2.05) is 13.8 Å². The summed E-state index contributed by atoms with van der Waals surface area (Å²) in [4.78, 5) is 0. The molecule has 0 amide bonds. The van der Waals surface area contributed by atoms with Crippen molar-refractivity contribution in [3.8, 4) is 0 Å². The molecule has 3 rings (SSSR count). The van der Waals surface area contributed by atoms with Crippen molar-refractivity contribution in [3.05, 3.63) is 0 Å². The fourth-order valence-electron chi connectivity index (χ4n) is 4.64. The Kier molecular flexibility index (Phi) is 3.39. The second kappa shape index (κ2) is 4.62. The molecule has 0 aromatic carbocycles. The van der Waals surface area contributed by atoms with Crippen LogP contribution >= 0.6 is 0 Å². The summed E-state index contributed by atoms with van der Waals surface area (Å²) in [6.45, 7) is 5.35. The van der Waals surface area contributed by atoms with Gasteiger partial charge >= 0.3 is 0 Å². The molecule has 2 N–H and O–H groups in total. The zero-order chi connectivity index (χ0) is 14.6. The molecule has 1 saturated heterocycles. The van der Waals surface area contributed by atoms with Crippen molar-refractivity contribution in [3.63, 3.8) is 0 Å². The number of aliphatic hydroxyl groups excluding tert-OH is 1. The van der Waals surface area contributed by atoms with E-state index in [9.17, 15) is 13.9 Å². The van der Waals surface area contributed by atoms with E-state index in [0.717, 1.165) is 13.0 Å². The highest BCUT2D eigenvalue weighted by Gasteiger charge is 2.58. The van der Waals surface area contributed by atoms with Gasteiger partial charge in [0.2, 0.25) is 5.92 Å². The van der Waals surface area contributed by atoms with Gasteiger partial charge in [-0.05, 0) is 44.4 Å². The average Bonchev–Trinajstić information content (AvgIpc) is 2.64. The average molecular weight is 289 g/mol. The van der Waals surface area contributed by atoms with E-state index in [4.69, 9.17) is 4.74 Å². The molecule has 0 radical (unpaired) electrons. The third kappa shape index (κ3) is 2.38. The van der Waals surface area contributed by atoms with Crippen LogP contribution in [0.4, 0.5) is 8.78 Å². The summed E-state index contributed by atoms with van der Waals surface area (Å²) in [6.07, 6.45) is 1.25. The van der Waals surface area contributed by atoms with Gasteiger partial charge in [-0.15, -0.1) is 0 Å². The molecule has 3 aliphatic rings. The van der Waals surface area contributed by atoms with Gasteiger partial charge in [0, 0.05) is 31.4 Å². The maximum absolute atomic E-state index is 13.6. The van der Waals surface area contributed by atoms with Crippen LogP contribution in [-0.2, 0) is 4.74 Å². The molecule has 2 aliphatic carbocycles. The van der Waals surface area contributed by atoms with E-state index >= 15 is 0 Å². The van der Waals surface area contributed by atoms with Crippen LogP contribution in [0.15, 0.2) is 0 Å². The summed E-state index contributed by atoms with van der Waals surface area (Å²) in [5.41, 5.74) is -0.525. The van der Waals surface area contributed by atoms with Crippen LogP contribution in [0.5, 0.6) is 0 Å². The first kappa shape index (κ1) is 14.7. The number of nitrogens with one attached hydrogen (secondary N) is 1. The molecule has 20 heavy (non-hydrogen) atoms. The lowest BCUT2D eigenvalue weighted by molar-refractivity contribution is -0.142. The number of aliphatic hydroxyl groups is 1. The second-order valence-electron chi connectivity index (χ2n) is 7.53. The minimum Gasteiger partial charge on any atom is -0.396 e. The van der Waals surface area contributed by atoms with Gasteiger partial charge < -0.3 is 9.84 Å². The smallest absolute Gasteiger partial charge is 0.248 e. The molecule has 1 spiro atoms. The largest absolute Gasteiger partial charge is 0.396 e. The van der Waals surface area contributed by atoms with E-state index in [1.54, 1.807) is 0 Å². The molecular formula is C15H25F2NO2. The van der Waals surface area contributed by atoms with Gasteiger partial charge in [0.15, 0.2) is 0 Å². The van der Waals surface area contributed by atoms with Gasteiger partial charge in [-0.3, -0.25) is 5.32 Å². The Morgan fingerprint density at radius 1 is 1.30 bits per heavy atom. The van der Waals surface area contributed by atoms with Crippen LogP contribution < -0.4 is 5.32 Å². The summed E-state index contributed by atoms with van der Waals surface area (Å²) in [7, 11) is 0. The van der Waals surface area contributed by atoms with Crippen molar-refractivity contribution in [1.29, 1.82) is 0 Å². The lowest BCUT2D eigenvalue weighted by atomic mass is 9.73. The zero-order valence-corrected chi connectivity index (χ0v) is 12.3. The van der Waals surface area contributed by atoms with Crippen molar-refractivity contribution in [2.75, 3.05) is 19.8 Å². The highest BCUT2D eigenvalue weighted by molar-refractivity contribution is 5.06. The minimum absolute atomic E-state index is 0.0146. The Hall–Kier alpha value is -0.260. The Morgan fingerprint density at radius 2 is 2.05 bits per heavy atom. The molecule has 3 fully saturated rings. The van der Waals surface area contributed by atoms with Crippen molar-refractivity contribution in [2.45, 2.75) is 51.2 Å². The van der Waals surface area contributed by atoms with Gasteiger partial charge in [0.1, 0.15) is 5.72 Å². The maximum Gasteiger partial charge on any atom is 0.248 e. The molecule has 4 unspecified atom stereocenters. The van der Waals surface area contributed by atoms with Crippen LogP contribution in [0.3, 0.4) is 0 Å². The SMILES string of the molecule is CC1(C)NCC2(CO1)CC1CC(F)(F)CCC1C2CO. The zero-order valence-electron chi connectivity index (χ0n) is 12.3. The number of ether oxygens (including phenoxy) is 1. The molecule has 0 aromatic heterocycles. The molecule has 5 heteroatoms. The third-order valence-electron chi connectivity index (χ3n) is 5.77. The van der Waals surface area contributed by atoms with Crippen LogP contribution in [0.25, 0.3) is 0 Å². The number of hydrogen-bond acceptors (Lipinski definition) is 3. The number of rotatable bonds is 1. The fraction of sp³-hybridized carbons (Fsp3) is 1.00. The van der Waals surface area contributed by atoms with Crippen LogP contribution in [0, 0.1) is 23.2 Å². The van der Waals surface area contributed by atoms with E-state index in [1.165, 1.54) is 0 Å². The summed E-state index contributed by atoms with van der Waals surface area (Å²) in [6, 6.07) is 0. The van der Waals surface area contributed by atoms with E-state index in [0.29, 0.717) is 13.0 Å². The van der Waals surface area contributed by atoms with Crippen LogP contribution in [-0.4, -0.2) is 36.5 Å². The van der Waals surface area contributed by atoms with Crippen molar-refractivity contribution in [1.82, 2.24) is 5.32 Å². The van der Waals surface area contributed by atoms with Gasteiger partial charge in [-0.2, -0.15) is 0 Å². The number of alkyl halides is 2. The quantitative estimate of drug-likeness (QED) is 0.779. The van der Waals surface area contributed by atoms with Crippen LogP contribution in [0.1, 0.15) is 39.5 Å². The predicted molar refractivity (Wildman–Crippen MR) is 71.4 cm³/mol. The Balaban J connectivity index is 1.80. The molecule has 3 nitrogen and oxygen atoms in total. The first-order chi connectivity index (χ1) is 9.27. The van der Waals surface area contributed by atoms with Crippen molar-refractivity contribution >= 4 is 0 Å². The Labute approximate surface area is 119 Å². The molecule has 116 valence electrons. The molecular weight excluding hydrogens is 264 g/mol. The number of halogens is 2. The first-order valence-corrected chi connectivity index (χ1v) is 7.65. The molecule has 1 aliphatic heterocycles. The monoisotopic (exact) mass is 289 g/mol. The summed E-state index contributed by atoms with van der Waals surface area (Å²) < 4.78 is 33.2. The summed E-state index contributed by atoms with van der Waals surface area (Å²) in [5.74, 6) is -2.17. The van der Waals surface area contributed by atoms with Crippen molar-refractivity contribution < 1.29 is 18.6 Å². The number of hydrogen-bond donors (Lipinski definition) is 2. The fourth-order valence-corrected chi connectivity index (χ4v) is 4.64. The summed E-state index contributed by atoms with van der Waals surface area (Å²) in [5, 5.41) is 13.2. The van der Waals surface area contributed by atoms with E-state index in [2.05, 4.69) is 5.32 Å². The van der Waals surface area contributed by atoms with E-state index in [-0.39, 0.29) is 48.3 Å². The highest BCUT2D eigenvalue weighted by Crippen LogP contribution is 2.58. The minimum atomic E-state index is -2.52. The van der Waals surface area contributed by atoms with Crippen molar-refractivity contribution in [2.24, 2.45) is 23.2 Å². The highest BCUT2D eigenvalue weighted by atomic mass is 19.3. The maximum atomic E-state index is 13.6. The Morgan fingerprint density at radius 3 is 2.65 bits per heavy atom. The molecule has 0 aromatic rings.